The van der Waals surface area contributed by atoms with Crippen LogP contribution in [0.2, 0.25) is 0 Å². The summed E-state index contributed by atoms with van der Waals surface area (Å²) in [7, 11) is 0.304. The minimum Gasteiger partial charge on any atom is -0.496 e. The van der Waals surface area contributed by atoms with E-state index in [0.29, 0.717) is 17.1 Å². The maximum atomic E-state index is 12.2. The summed E-state index contributed by atoms with van der Waals surface area (Å²) in [6.45, 7) is 0. The van der Waals surface area contributed by atoms with Gasteiger partial charge in [0.05, 0.1) is 18.4 Å². The maximum absolute atomic E-state index is 12.2. The van der Waals surface area contributed by atoms with Gasteiger partial charge in [0.25, 0.3) is 0 Å². The van der Waals surface area contributed by atoms with Gasteiger partial charge < -0.3 is 4.74 Å². The van der Waals surface area contributed by atoms with Gasteiger partial charge in [0.1, 0.15) is 5.75 Å². The molecule has 0 aliphatic heterocycles. The van der Waals surface area contributed by atoms with Crippen molar-refractivity contribution >= 4 is 16.6 Å². The Morgan fingerprint density at radius 2 is 1.70 bits per heavy atom. The molecule has 0 amide bonds. The van der Waals surface area contributed by atoms with Gasteiger partial charge in [-0.2, -0.15) is 0 Å². The lowest BCUT2D eigenvalue weighted by molar-refractivity contribution is 0.101. The molecule has 0 aromatic heterocycles. The van der Waals surface area contributed by atoms with Crippen molar-refractivity contribution in [2.24, 2.45) is 0 Å². The van der Waals surface area contributed by atoms with Gasteiger partial charge >= 0.3 is 0 Å². The average Bonchev–Trinajstić information content (AvgIpc) is 2.48. The molecule has 1 atom stereocenters. The van der Waals surface area contributed by atoms with Crippen LogP contribution in [0.15, 0.2) is 54.6 Å². The second-order valence-electron chi connectivity index (χ2n) is 4.34. The number of benzene rings is 2. The van der Waals surface area contributed by atoms with Crippen molar-refractivity contribution in [2.45, 2.75) is 5.75 Å². The summed E-state index contributed by atoms with van der Waals surface area (Å²) in [5.41, 5.74) is 1.45. The van der Waals surface area contributed by atoms with Crippen LogP contribution >= 0.6 is 0 Å². The van der Waals surface area contributed by atoms with Gasteiger partial charge in [0, 0.05) is 16.6 Å². The number of ether oxygens (including phenoxy) is 1. The van der Waals surface area contributed by atoms with Crippen molar-refractivity contribution in [1.29, 1.82) is 0 Å². The number of hydrogen-bond acceptors (Lipinski definition) is 3. The summed E-state index contributed by atoms with van der Waals surface area (Å²) in [5, 5.41) is 0. The van der Waals surface area contributed by atoms with Crippen LogP contribution in [0.25, 0.3) is 0 Å². The zero-order chi connectivity index (χ0) is 14.4. The van der Waals surface area contributed by atoms with Crippen molar-refractivity contribution in [3.63, 3.8) is 0 Å². The third kappa shape index (κ3) is 3.78. The van der Waals surface area contributed by atoms with Gasteiger partial charge in [0.15, 0.2) is 5.78 Å². The summed E-state index contributed by atoms with van der Waals surface area (Å²) in [6, 6.07) is 16.5. The van der Waals surface area contributed by atoms with Crippen LogP contribution in [0, 0.1) is 0 Å². The van der Waals surface area contributed by atoms with Crippen molar-refractivity contribution in [3.8, 4) is 5.75 Å². The van der Waals surface area contributed by atoms with Gasteiger partial charge in [-0.05, 0) is 17.7 Å². The lowest BCUT2D eigenvalue weighted by atomic mass is 10.1. The van der Waals surface area contributed by atoms with E-state index in [9.17, 15) is 9.00 Å². The number of ketones is 1. The molecule has 104 valence electrons. The van der Waals surface area contributed by atoms with E-state index < -0.39 is 10.8 Å². The van der Waals surface area contributed by atoms with Crippen LogP contribution in [-0.4, -0.2) is 22.9 Å². The van der Waals surface area contributed by atoms with E-state index in [2.05, 4.69) is 0 Å². The number of para-hydroxylation sites is 1. The molecule has 1 unspecified atom stereocenters. The number of methoxy groups -OCH3 is 1. The molecule has 0 spiro atoms. The van der Waals surface area contributed by atoms with E-state index in [1.807, 2.05) is 30.3 Å². The fourth-order valence-electron chi connectivity index (χ4n) is 1.91. The van der Waals surface area contributed by atoms with E-state index in [4.69, 9.17) is 4.74 Å². The molecule has 2 aromatic carbocycles. The summed E-state index contributed by atoms with van der Waals surface area (Å²) < 4.78 is 17.2. The smallest absolute Gasteiger partial charge is 0.179 e. The summed E-state index contributed by atoms with van der Waals surface area (Å²) >= 11 is 0. The number of Topliss-reactive ketones (excluding diaryl/α,β-unsaturated/α-hetero) is 1. The molecular formula is C16H16O3S. The molecule has 0 fully saturated rings. The minimum atomic E-state index is -1.22. The highest BCUT2D eigenvalue weighted by atomic mass is 32.2. The Kier molecular flexibility index (Phi) is 5.07. The zero-order valence-electron chi connectivity index (χ0n) is 11.2. The zero-order valence-corrected chi connectivity index (χ0v) is 12.1. The van der Waals surface area contributed by atoms with Crippen molar-refractivity contribution in [2.75, 3.05) is 12.9 Å². The lowest BCUT2D eigenvalue weighted by Crippen LogP contribution is -2.13. The Hall–Kier alpha value is -1.94. The number of hydrogen-bond donors (Lipinski definition) is 0. The van der Waals surface area contributed by atoms with E-state index >= 15 is 0 Å². The molecule has 3 nitrogen and oxygen atoms in total. The van der Waals surface area contributed by atoms with Crippen LogP contribution < -0.4 is 4.74 Å². The Labute approximate surface area is 121 Å². The molecule has 0 bridgehead atoms. The van der Waals surface area contributed by atoms with Crippen molar-refractivity contribution in [3.05, 3.63) is 65.7 Å². The van der Waals surface area contributed by atoms with Crippen molar-refractivity contribution in [1.82, 2.24) is 0 Å². The van der Waals surface area contributed by atoms with Crippen LogP contribution in [0.4, 0.5) is 0 Å². The van der Waals surface area contributed by atoms with Gasteiger partial charge in [-0.1, -0.05) is 42.5 Å². The fraction of sp³-hybridized carbons (Fsp3) is 0.188. The first-order chi connectivity index (χ1) is 9.70. The average molecular weight is 288 g/mol. The number of carbonyl (C=O) groups is 1. The third-order valence-electron chi connectivity index (χ3n) is 2.87. The highest BCUT2D eigenvalue weighted by molar-refractivity contribution is 7.85. The maximum Gasteiger partial charge on any atom is 0.179 e. The largest absolute Gasteiger partial charge is 0.496 e. The minimum absolute atomic E-state index is 0.00919. The summed E-state index contributed by atoms with van der Waals surface area (Å²) in [5.74, 6) is 0.766. The lowest BCUT2D eigenvalue weighted by Gasteiger charge is -2.07. The summed E-state index contributed by atoms with van der Waals surface area (Å²) in [6.07, 6.45) is 0. The quantitative estimate of drug-likeness (QED) is 0.768. The molecule has 0 saturated carbocycles. The van der Waals surface area contributed by atoms with Crippen LogP contribution in [0.1, 0.15) is 15.9 Å². The second kappa shape index (κ2) is 7.01. The van der Waals surface area contributed by atoms with Gasteiger partial charge in [0.2, 0.25) is 0 Å². The Morgan fingerprint density at radius 3 is 2.40 bits per heavy atom. The monoisotopic (exact) mass is 288 g/mol. The van der Waals surface area contributed by atoms with E-state index in [1.54, 1.807) is 24.3 Å². The molecular weight excluding hydrogens is 272 g/mol. The third-order valence-corrected chi connectivity index (χ3v) is 4.11. The fourth-order valence-corrected chi connectivity index (χ4v) is 3.02. The van der Waals surface area contributed by atoms with Crippen LogP contribution in [-0.2, 0) is 16.6 Å². The SMILES string of the molecule is COc1ccccc1C(=O)CS(=O)Cc1ccccc1. The molecule has 0 N–H and O–H groups in total. The normalized spacial score (nSPS) is 11.8. The second-order valence-corrected chi connectivity index (χ2v) is 5.79. The summed E-state index contributed by atoms with van der Waals surface area (Å²) in [4.78, 5) is 12.2. The van der Waals surface area contributed by atoms with Gasteiger partial charge in [-0.15, -0.1) is 0 Å². The molecule has 4 heteroatoms. The Balaban J connectivity index is 2.02. The standard InChI is InChI=1S/C16H16O3S/c1-19-16-10-6-5-9-14(16)15(17)12-20(18)11-13-7-3-2-4-8-13/h2-10H,11-12H2,1H3. The molecule has 2 aromatic rings. The predicted octanol–water partition coefficient (Wildman–Crippen LogP) is 2.83. The van der Waals surface area contributed by atoms with Gasteiger partial charge in [-0.3, -0.25) is 9.00 Å². The number of rotatable bonds is 6. The predicted molar refractivity (Wildman–Crippen MR) is 80.5 cm³/mol. The van der Waals surface area contributed by atoms with Gasteiger partial charge in [-0.25, -0.2) is 0 Å². The van der Waals surface area contributed by atoms with Crippen LogP contribution in [0.3, 0.4) is 0 Å². The number of carbonyl (C=O) groups excluding carboxylic acids is 1. The first-order valence-corrected chi connectivity index (χ1v) is 7.74. The van der Waals surface area contributed by atoms with Crippen LogP contribution in [0.5, 0.6) is 5.75 Å². The molecule has 0 heterocycles. The molecule has 2 rings (SSSR count). The van der Waals surface area contributed by atoms with E-state index in [0.717, 1.165) is 5.56 Å². The first-order valence-electron chi connectivity index (χ1n) is 6.26. The highest BCUT2D eigenvalue weighted by Crippen LogP contribution is 2.18. The molecule has 0 aliphatic rings. The highest BCUT2D eigenvalue weighted by Gasteiger charge is 2.14. The van der Waals surface area contributed by atoms with E-state index in [1.165, 1.54) is 7.11 Å². The molecule has 0 radical (unpaired) electrons. The Morgan fingerprint density at radius 1 is 1.05 bits per heavy atom. The molecule has 20 heavy (non-hydrogen) atoms. The topological polar surface area (TPSA) is 43.4 Å². The molecule has 0 aliphatic carbocycles. The van der Waals surface area contributed by atoms with Crippen molar-refractivity contribution < 1.29 is 13.7 Å². The van der Waals surface area contributed by atoms with E-state index in [-0.39, 0.29) is 11.5 Å². The molecule has 0 saturated heterocycles. The Bertz CT molecular complexity index is 608. The first kappa shape index (κ1) is 14.5.